The predicted molar refractivity (Wildman–Crippen MR) is 105 cm³/mol. The lowest BCUT2D eigenvalue weighted by Crippen LogP contribution is -2.45. The summed E-state index contributed by atoms with van der Waals surface area (Å²) < 4.78 is 5.59. The number of imide groups is 1. The van der Waals surface area contributed by atoms with Gasteiger partial charge in [-0.05, 0) is 43.2 Å². The van der Waals surface area contributed by atoms with Gasteiger partial charge in [0.25, 0.3) is 5.91 Å². The molecule has 0 spiro atoms. The van der Waals surface area contributed by atoms with Crippen LogP contribution in [0.15, 0.2) is 24.3 Å². The van der Waals surface area contributed by atoms with Crippen molar-refractivity contribution in [3.05, 3.63) is 41.1 Å². The first-order chi connectivity index (χ1) is 13.4. The van der Waals surface area contributed by atoms with Crippen molar-refractivity contribution in [2.75, 3.05) is 0 Å². The molecule has 1 aliphatic rings. The van der Waals surface area contributed by atoms with Crippen molar-refractivity contribution in [2.45, 2.75) is 52.1 Å². The second-order valence-electron chi connectivity index (χ2n) is 7.41. The predicted octanol–water partition coefficient (Wildman–Crippen LogP) is 2.88. The number of primary amides is 1. The van der Waals surface area contributed by atoms with E-state index in [1.165, 1.54) is 0 Å². The van der Waals surface area contributed by atoms with Gasteiger partial charge in [0.1, 0.15) is 0 Å². The highest BCUT2D eigenvalue weighted by Gasteiger charge is 2.30. The maximum Gasteiger partial charge on any atom is 0.339 e. The summed E-state index contributed by atoms with van der Waals surface area (Å²) in [5.74, 6) is -1.62. The van der Waals surface area contributed by atoms with Crippen LogP contribution in [0.3, 0.4) is 0 Å². The van der Waals surface area contributed by atoms with Gasteiger partial charge in [0, 0.05) is 11.1 Å². The molecule has 1 aliphatic carbocycles. The lowest BCUT2D eigenvalue weighted by Gasteiger charge is -2.22. The Morgan fingerprint density at radius 1 is 1.11 bits per heavy atom. The van der Waals surface area contributed by atoms with Gasteiger partial charge in [-0.25, -0.2) is 9.59 Å². The van der Waals surface area contributed by atoms with E-state index in [-0.39, 0.29) is 5.92 Å². The fourth-order valence-electron chi connectivity index (χ4n) is 3.64. The Morgan fingerprint density at radius 3 is 2.54 bits per heavy atom. The number of rotatable bonds is 4. The molecule has 0 bridgehead atoms. The topological polar surface area (TPSA) is 111 Å². The second-order valence-corrected chi connectivity index (χ2v) is 7.41. The van der Waals surface area contributed by atoms with Crippen molar-refractivity contribution in [1.29, 1.82) is 0 Å². The number of hydrogen-bond acceptors (Lipinski definition) is 5. The van der Waals surface area contributed by atoms with Crippen molar-refractivity contribution < 1.29 is 19.1 Å². The Labute approximate surface area is 163 Å². The molecule has 0 saturated carbocycles. The average Bonchev–Trinajstić information content (AvgIpc) is 2.88. The van der Waals surface area contributed by atoms with Crippen molar-refractivity contribution in [3.63, 3.8) is 0 Å². The van der Waals surface area contributed by atoms with Crippen LogP contribution in [-0.2, 0) is 22.4 Å². The number of esters is 1. The van der Waals surface area contributed by atoms with Crippen molar-refractivity contribution >= 4 is 28.8 Å². The van der Waals surface area contributed by atoms with Crippen LogP contribution in [0, 0.1) is 5.92 Å². The van der Waals surface area contributed by atoms with Gasteiger partial charge in [0.2, 0.25) is 0 Å². The SMILES string of the molecule is CC(C)[C@@H](OC(=O)c1c2c(nc3ccccc13)CCCCC2)C(=O)NC(N)=O. The molecule has 1 aromatic heterocycles. The van der Waals surface area contributed by atoms with Crippen molar-refractivity contribution in [2.24, 2.45) is 11.7 Å². The van der Waals surface area contributed by atoms with E-state index in [1.807, 2.05) is 29.6 Å². The average molecular weight is 383 g/mol. The largest absolute Gasteiger partial charge is 0.448 e. The summed E-state index contributed by atoms with van der Waals surface area (Å²) in [6, 6.07) is 6.47. The molecule has 7 nitrogen and oxygen atoms in total. The monoisotopic (exact) mass is 383 g/mol. The fraction of sp³-hybridized carbons (Fsp3) is 0.429. The highest BCUT2D eigenvalue weighted by atomic mass is 16.5. The zero-order valence-electron chi connectivity index (χ0n) is 16.2. The minimum Gasteiger partial charge on any atom is -0.448 e. The van der Waals surface area contributed by atoms with Crippen molar-refractivity contribution in [1.82, 2.24) is 10.3 Å². The van der Waals surface area contributed by atoms with Gasteiger partial charge in [-0.3, -0.25) is 15.1 Å². The number of urea groups is 1. The summed E-state index contributed by atoms with van der Waals surface area (Å²) in [5.41, 5.74) is 8.07. The Hall–Kier alpha value is -2.96. The molecule has 1 aromatic carbocycles. The molecular formula is C21H25N3O4. The van der Waals surface area contributed by atoms with E-state index in [0.717, 1.165) is 48.9 Å². The number of ether oxygens (including phenoxy) is 1. The molecule has 1 atom stereocenters. The summed E-state index contributed by atoms with van der Waals surface area (Å²) in [6.07, 6.45) is 3.53. The summed E-state index contributed by atoms with van der Waals surface area (Å²) in [5, 5.41) is 2.71. The Bertz CT molecular complexity index is 923. The molecule has 0 saturated heterocycles. The van der Waals surface area contributed by atoms with Crippen LogP contribution in [-0.4, -0.2) is 29.0 Å². The van der Waals surface area contributed by atoms with Gasteiger partial charge >= 0.3 is 12.0 Å². The maximum atomic E-state index is 13.2. The number of hydrogen-bond donors (Lipinski definition) is 2. The Kier molecular flexibility index (Phi) is 5.92. The molecule has 1 heterocycles. The Balaban J connectivity index is 2.03. The number of benzene rings is 1. The van der Waals surface area contributed by atoms with E-state index in [4.69, 9.17) is 15.5 Å². The van der Waals surface area contributed by atoms with Crippen LogP contribution >= 0.6 is 0 Å². The molecule has 148 valence electrons. The number of nitrogens with one attached hydrogen (secondary N) is 1. The maximum absolute atomic E-state index is 13.2. The zero-order chi connectivity index (χ0) is 20.3. The van der Waals surface area contributed by atoms with Gasteiger partial charge in [0.15, 0.2) is 6.10 Å². The van der Waals surface area contributed by atoms with Gasteiger partial charge < -0.3 is 10.5 Å². The highest BCUT2D eigenvalue weighted by Crippen LogP contribution is 2.30. The minimum absolute atomic E-state index is 0.324. The first-order valence-electron chi connectivity index (χ1n) is 9.60. The number of fused-ring (bicyclic) bond motifs is 2. The van der Waals surface area contributed by atoms with Gasteiger partial charge in [-0.15, -0.1) is 0 Å². The van der Waals surface area contributed by atoms with E-state index in [2.05, 4.69) is 0 Å². The molecule has 3 N–H and O–H groups in total. The molecule has 28 heavy (non-hydrogen) atoms. The third-order valence-electron chi connectivity index (χ3n) is 4.97. The number of nitrogens with two attached hydrogens (primary N) is 1. The summed E-state index contributed by atoms with van der Waals surface area (Å²) in [7, 11) is 0. The minimum atomic E-state index is -1.12. The molecule has 0 aliphatic heterocycles. The normalized spacial score (nSPS) is 14.8. The van der Waals surface area contributed by atoms with E-state index in [9.17, 15) is 14.4 Å². The third-order valence-corrected chi connectivity index (χ3v) is 4.97. The summed E-state index contributed by atoms with van der Waals surface area (Å²) in [6.45, 7) is 3.48. The van der Waals surface area contributed by atoms with Crippen LogP contribution in [0.4, 0.5) is 4.79 Å². The quantitative estimate of drug-likeness (QED) is 0.623. The summed E-state index contributed by atoms with van der Waals surface area (Å²) >= 11 is 0. The molecule has 3 amide bonds. The van der Waals surface area contributed by atoms with E-state index >= 15 is 0 Å². The molecule has 2 aromatic rings. The van der Waals surface area contributed by atoms with E-state index < -0.39 is 24.0 Å². The van der Waals surface area contributed by atoms with Crippen molar-refractivity contribution in [3.8, 4) is 0 Å². The fourth-order valence-corrected chi connectivity index (χ4v) is 3.64. The molecular weight excluding hydrogens is 358 g/mol. The smallest absolute Gasteiger partial charge is 0.339 e. The number of amides is 3. The molecule has 0 fully saturated rings. The standard InChI is InChI=1S/C21H25N3O4/c1-12(2)18(19(25)24-21(22)27)28-20(26)17-13-8-4-3-5-10-15(13)23-16-11-7-6-9-14(16)17/h6-7,9,11-12,18H,3-5,8,10H2,1-2H3,(H3,22,24,25,27)/t18-/m1/s1. The highest BCUT2D eigenvalue weighted by molar-refractivity contribution is 6.06. The third kappa shape index (κ3) is 4.13. The van der Waals surface area contributed by atoms with Crippen LogP contribution < -0.4 is 11.1 Å². The molecule has 7 heteroatoms. The number of carbonyl (C=O) groups excluding carboxylic acids is 3. The number of para-hydroxylation sites is 1. The van der Waals surface area contributed by atoms with Gasteiger partial charge in [0.05, 0.1) is 11.1 Å². The van der Waals surface area contributed by atoms with E-state index in [1.54, 1.807) is 13.8 Å². The summed E-state index contributed by atoms with van der Waals surface area (Å²) in [4.78, 5) is 41.3. The van der Waals surface area contributed by atoms with Crippen LogP contribution in [0.25, 0.3) is 10.9 Å². The lowest BCUT2D eigenvalue weighted by molar-refractivity contribution is -0.130. The number of pyridine rings is 1. The van der Waals surface area contributed by atoms with Crippen LogP contribution in [0.1, 0.15) is 54.7 Å². The lowest BCUT2D eigenvalue weighted by atomic mass is 9.97. The number of carbonyl (C=O) groups is 3. The zero-order valence-corrected chi connectivity index (χ0v) is 16.2. The number of aryl methyl sites for hydroxylation is 1. The van der Waals surface area contributed by atoms with E-state index in [0.29, 0.717) is 10.9 Å². The van der Waals surface area contributed by atoms with Crippen LogP contribution in [0.5, 0.6) is 0 Å². The van der Waals surface area contributed by atoms with Gasteiger partial charge in [-0.2, -0.15) is 0 Å². The van der Waals surface area contributed by atoms with Crippen LogP contribution in [0.2, 0.25) is 0 Å². The first-order valence-corrected chi connectivity index (χ1v) is 9.60. The van der Waals surface area contributed by atoms with Gasteiger partial charge in [-0.1, -0.05) is 38.5 Å². The molecule has 3 rings (SSSR count). The Morgan fingerprint density at radius 2 is 1.82 bits per heavy atom. The molecule has 0 radical (unpaired) electrons. The number of aromatic nitrogens is 1. The first kappa shape index (κ1) is 19.8. The second kappa shape index (κ2) is 8.37. The number of nitrogens with zero attached hydrogens (tertiary/aromatic N) is 1. The molecule has 0 unspecified atom stereocenters.